The summed E-state index contributed by atoms with van der Waals surface area (Å²) in [5, 5.41) is 2.53. The molecule has 4 heteroatoms. The number of para-hydroxylation sites is 1. The molecule has 1 N–H and O–H groups in total. The molecule has 10 rings (SSSR count). The number of nitrogens with one attached hydrogen (secondary N) is 1. The van der Waals surface area contributed by atoms with Gasteiger partial charge in [-0.25, -0.2) is 4.98 Å². The van der Waals surface area contributed by atoms with Crippen molar-refractivity contribution in [2.45, 2.75) is 26.7 Å². The number of aromatic nitrogens is 3. The van der Waals surface area contributed by atoms with E-state index in [1.165, 1.54) is 60.9 Å². The van der Waals surface area contributed by atoms with Crippen LogP contribution in [0.3, 0.4) is 0 Å². The minimum Gasteiger partial charge on any atom is -0.323 e. The molecule has 4 nitrogen and oxygen atoms in total. The van der Waals surface area contributed by atoms with Gasteiger partial charge in [0, 0.05) is 27.8 Å². The fraction of sp³-hybridized carbons (Fsp3) is 0.113. The summed E-state index contributed by atoms with van der Waals surface area (Å²) in [6.07, 6.45) is 17.9. The van der Waals surface area contributed by atoms with Gasteiger partial charge in [0.05, 0.1) is 22.9 Å². The zero-order valence-corrected chi connectivity index (χ0v) is 32.3. The third kappa shape index (κ3) is 6.63. The lowest BCUT2D eigenvalue weighted by atomic mass is 9.93. The summed E-state index contributed by atoms with van der Waals surface area (Å²) in [6, 6.07) is 52.6. The summed E-state index contributed by atoms with van der Waals surface area (Å²) in [6.45, 7) is 4.53. The zero-order valence-electron chi connectivity index (χ0n) is 32.3. The Bertz CT molecular complexity index is 2850. The Hall–Kier alpha value is -6.91. The summed E-state index contributed by atoms with van der Waals surface area (Å²) in [7, 11) is 0. The maximum atomic E-state index is 4.92. The van der Waals surface area contributed by atoms with Gasteiger partial charge in [0.25, 0.3) is 0 Å². The Balaban J connectivity index is 0.986. The molecule has 2 aliphatic rings. The number of allylic oxidation sites excluding steroid dienone is 8. The van der Waals surface area contributed by atoms with Gasteiger partial charge >= 0.3 is 0 Å². The molecule has 0 bridgehead atoms. The molecule has 57 heavy (non-hydrogen) atoms. The molecule has 6 aromatic carbocycles. The van der Waals surface area contributed by atoms with Crippen molar-refractivity contribution in [2.75, 3.05) is 4.90 Å². The van der Waals surface area contributed by atoms with Gasteiger partial charge in [-0.05, 0) is 112 Å². The van der Waals surface area contributed by atoms with Crippen molar-refractivity contribution < 1.29 is 0 Å². The minimum absolute atomic E-state index is 0.569. The van der Waals surface area contributed by atoms with E-state index in [2.05, 4.69) is 204 Å². The van der Waals surface area contributed by atoms with Gasteiger partial charge in [-0.15, -0.1) is 0 Å². The van der Waals surface area contributed by atoms with Crippen LogP contribution < -0.4 is 4.90 Å². The summed E-state index contributed by atoms with van der Waals surface area (Å²) in [5.74, 6) is 1.94. The van der Waals surface area contributed by atoms with E-state index in [-0.39, 0.29) is 0 Å². The largest absolute Gasteiger partial charge is 0.323 e. The van der Waals surface area contributed by atoms with Crippen LogP contribution in [-0.4, -0.2) is 14.5 Å². The SMILES string of the molecule is CC1C=CC(c2ccc(-c3ccc(N(c4ccc(-c5ccc6c(c5)c5ccccc5n6C5=CCC(C)C=C5)cc4)c4ncc(-c5ccccc5)[nH]4)cc3)cc2)=CC1. The first-order valence-electron chi connectivity index (χ1n) is 20.1. The molecule has 0 aliphatic heterocycles. The maximum Gasteiger partial charge on any atom is 0.212 e. The van der Waals surface area contributed by atoms with Crippen LogP contribution in [-0.2, 0) is 0 Å². The monoisotopic (exact) mass is 736 g/mol. The summed E-state index contributed by atoms with van der Waals surface area (Å²) >= 11 is 0. The Labute approximate surface area is 334 Å². The minimum atomic E-state index is 0.569. The molecular formula is C53H44N4. The average Bonchev–Trinajstić information content (AvgIpc) is 3.89. The van der Waals surface area contributed by atoms with Gasteiger partial charge in [-0.1, -0.05) is 147 Å². The number of nitrogens with zero attached hydrogens (tertiary/aromatic N) is 3. The smallest absolute Gasteiger partial charge is 0.212 e. The summed E-state index contributed by atoms with van der Waals surface area (Å²) < 4.78 is 2.42. The van der Waals surface area contributed by atoms with Crippen molar-refractivity contribution >= 4 is 50.4 Å². The number of anilines is 3. The van der Waals surface area contributed by atoms with Crippen LogP contribution in [0.25, 0.3) is 66.6 Å². The lowest BCUT2D eigenvalue weighted by Crippen LogP contribution is -2.11. The van der Waals surface area contributed by atoms with Crippen LogP contribution >= 0.6 is 0 Å². The zero-order chi connectivity index (χ0) is 38.3. The van der Waals surface area contributed by atoms with E-state index in [4.69, 9.17) is 4.98 Å². The number of hydrogen-bond donors (Lipinski definition) is 1. The molecule has 0 spiro atoms. The van der Waals surface area contributed by atoms with E-state index in [1.54, 1.807) is 0 Å². The molecule has 0 radical (unpaired) electrons. The number of H-pyrrole nitrogens is 1. The van der Waals surface area contributed by atoms with Crippen LogP contribution in [0.5, 0.6) is 0 Å². The first kappa shape index (κ1) is 34.6. The Morgan fingerprint density at radius 2 is 1.12 bits per heavy atom. The normalized spacial score (nSPS) is 16.5. The lowest BCUT2D eigenvalue weighted by Gasteiger charge is -2.23. The van der Waals surface area contributed by atoms with Gasteiger partial charge in [0.2, 0.25) is 5.95 Å². The first-order valence-corrected chi connectivity index (χ1v) is 20.1. The molecule has 276 valence electrons. The number of benzene rings is 6. The third-order valence-corrected chi connectivity index (χ3v) is 11.5. The summed E-state index contributed by atoms with van der Waals surface area (Å²) in [5.41, 5.74) is 15.1. The molecule has 2 aliphatic carbocycles. The second kappa shape index (κ2) is 14.6. The van der Waals surface area contributed by atoms with E-state index in [0.29, 0.717) is 11.8 Å². The van der Waals surface area contributed by atoms with Crippen molar-refractivity contribution in [3.05, 3.63) is 194 Å². The maximum absolute atomic E-state index is 4.92. The first-order chi connectivity index (χ1) is 28.1. The van der Waals surface area contributed by atoms with E-state index < -0.39 is 0 Å². The lowest BCUT2D eigenvalue weighted by molar-refractivity contribution is 0.735. The van der Waals surface area contributed by atoms with E-state index >= 15 is 0 Å². The van der Waals surface area contributed by atoms with Crippen LogP contribution in [0, 0.1) is 11.8 Å². The molecule has 0 fully saturated rings. The number of rotatable bonds is 8. The van der Waals surface area contributed by atoms with Crippen LogP contribution in [0.4, 0.5) is 17.3 Å². The van der Waals surface area contributed by atoms with Crippen molar-refractivity contribution in [3.8, 4) is 33.5 Å². The molecule has 2 unspecified atom stereocenters. The fourth-order valence-corrected chi connectivity index (χ4v) is 8.30. The Morgan fingerprint density at radius 1 is 0.544 bits per heavy atom. The highest BCUT2D eigenvalue weighted by Gasteiger charge is 2.19. The van der Waals surface area contributed by atoms with E-state index in [9.17, 15) is 0 Å². The van der Waals surface area contributed by atoms with Crippen LogP contribution in [0.1, 0.15) is 32.3 Å². The van der Waals surface area contributed by atoms with Gasteiger partial charge < -0.3 is 9.55 Å². The molecule has 2 aromatic heterocycles. The van der Waals surface area contributed by atoms with Gasteiger partial charge in [0.15, 0.2) is 0 Å². The number of hydrogen-bond acceptors (Lipinski definition) is 2. The number of imidazole rings is 1. The second-order valence-corrected chi connectivity index (χ2v) is 15.5. The van der Waals surface area contributed by atoms with Gasteiger partial charge in [-0.3, -0.25) is 4.90 Å². The molecule has 0 amide bonds. The average molecular weight is 737 g/mol. The highest BCUT2D eigenvalue weighted by atomic mass is 15.3. The topological polar surface area (TPSA) is 36.9 Å². The Morgan fingerprint density at radius 3 is 1.79 bits per heavy atom. The second-order valence-electron chi connectivity index (χ2n) is 15.5. The number of fused-ring (bicyclic) bond motifs is 3. The molecule has 0 saturated heterocycles. The van der Waals surface area contributed by atoms with Crippen molar-refractivity contribution in [2.24, 2.45) is 11.8 Å². The third-order valence-electron chi connectivity index (χ3n) is 11.5. The molecule has 2 atom stereocenters. The molecule has 2 heterocycles. The highest BCUT2D eigenvalue weighted by molar-refractivity contribution is 6.11. The van der Waals surface area contributed by atoms with E-state index in [0.717, 1.165) is 41.4 Å². The van der Waals surface area contributed by atoms with Gasteiger partial charge in [0.1, 0.15) is 0 Å². The van der Waals surface area contributed by atoms with Crippen LogP contribution in [0.2, 0.25) is 0 Å². The standard InChI is InChI=1S/C53H44N4/c1-36-12-16-38(17-13-36)39-18-20-40(21-19-39)41-22-29-45(30-23-41)56(53-54-35-50(55-53)43-8-4-3-5-9-43)46-31-24-42(25-32-46)44-26-33-52-49(34-44)48-10-6-7-11-51(48)57(52)47-27-14-37(2)15-28-47/h3-12,14,16-37H,13,15H2,1-2H3,(H,54,55). The van der Waals surface area contributed by atoms with Crippen molar-refractivity contribution in [3.63, 3.8) is 0 Å². The van der Waals surface area contributed by atoms with Gasteiger partial charge in [-0.2, -0.15) is 0 Å². The summed E-state index contributed by atoms with van der Waals surface area (Å²) in [4.78, 5) is 10.7. The quantitative estimate of drug-likeness (QED) is 0.169. The number of aromatic amines is 1. The van der Waals surface area contributed by atoms with Crippen LogP contribution in [0.15, 0.2) is 188 Å². The molecule has 0 saturated carbocycles. The molecule has 8 aromatic rings. The van der Waals surface area contributed by atoms with Crippen molar-refractivity contribution in [1.29, 1.82) is 0 Å². The Kier molecular flexibility index (Phi) is 8.87. The van der Waals surface area contributed by atoms with Crippen molar-refractivity contribution in [1.82, 2.24) is 14.5 Å². The predicted molar refractivity (Wildman–Crippen MR) is 241 cm³/mol. The van der Waals surface area contributed by atoms with E-state index in [1.807, 2.05) is 12.3 Å². The fourth-order valence-electron chi connectivity index (χ4n) is 8.30. The molecular weight excluding hydrogens is 693 g/mol. The highest BCUT2D eigenvalue weighted by Crippen LogP contribution is 2.39. The predicted octanol–water partition coefficient (Wildman–Crippen LogP) is 14.4.